The molecule has 10 heteroatoms. The molecule has 2 N–H and O–H groups in total. The lowest BCUT2D eigenvalue weighted by Crippen LogP contribution is -2.27. The fourth-order valence-corrected chi connectivity index (χ4v) is 2.28. The number of nitro groups is 1. The summed E-state index contributed by atoms with van der Waals surface area (Å²) < 4.78 is 26.3. The minimum atomic E-state index is -3.36. The zero-order valence-electron chi connectivity index (χ0n) is 11.9. The molecule has 114 valence electrons. The normalized spacial score (nSPS) is 11.8. The van der Waals surface area contributed by atoms with Crippen molar-refractivity contribution in [2.75, 3.05) is 24.7 Å². The lowest BCUT2D eigenvalue weighted by Gasteiger charge is -2.11. The smallest absolute Gasteiger partial charge is 0.333 e. The molecule has 0 amide bonds. The van der Waals surface area contributed by atoms with Crippen LogP contribution < -0.4 is 10.0 Å². The molecule has 0 aliphatic carbocycles. The van der Waals surface area contributed by atoms with E-state index in [9.17, 15) is 18.5 Å². The Morgan fingerprint density at radius 1 is 1.45 bits per heavy atom. The van der Waals surface area contributed by atoms with Crippen LogP contribution in [0.25, 0.3) is 0 Å². The molecule has 1 rings (SSSR count). The van der Waals surface area contributed by atoms with Crippen molar-refractivity contribution in [1.82, 2.24) is 14.5 Å². The first kappa shape index (κ1) is 16.4. The highest BCUT2D eigenvalue weighted by Gasteiger charge is 2.26. The Hall–Kier alpha value is -1.68. The Bertz CT molecular complexity index is 593. The maximum Gasteiger partial charge on any atom is 0.333 e. The molecule has 0 bridgehead atoms. The summed E-state index contributed by atoms with van der Waals surface area (Å²) in [6.07, 6.45) is 0. The van der Waals surface area contributed by atoms with E-state index in [4.69, 9.17) is 0 Å². The highest BCUT2D eigenvalue weighted by atomic mass is 32.2. The molecule has 0 aliphatic rings. The summed E-state index contributed by atoms with van der Waals surface area (Å²) in [7, 11) is -2.04. The zero-order valence-corrected chi connectivity index (χ0v) is 12.7. The summed E-state index contributed by atoms with van der Waals surface area (Å²) in [6.45, 7) is 5.28. The van der Waals surface area contributed by atoms with Gasteiger partial charge in [0.1, 0.15) is 5.69 Å². The van der Waals surface area contributed by atoms with E-state index in [2.05, 4.69) is 15.1 Å². The number of rotatable bonds is 7. The summed E-state index contributed by atoms with van der Waals surface area (Å²) in [4.78, 5) is 10.6. The molecule has 0 fully saturated rings. The van der Waals surface area contributed by atoms with Crippen LogP contribution in [-0.2, 0) is 10.0 Å². The van der Waals surface area contributed by atoms with Crippen molar-refractivity contribution in [2.24, 2.45) is 0 Å². The predicted octanol–water partition coefficient (Wildman–Crippen LogP) is 0.642. The van der Waals surface area contributed by atoms with Crippen molar-refractivity contribution < 1.29 is 13.3 Å². The molecule has 9 nitrogen and oxygen atoms in total. The second-order valence-electron chi connectivity index (χ2n) is 4.53. The van der Waals surface area contributed by atoms with Gasteiger partial charge in [0.2, 0.25) is 15.8 Å². The van der Waals surface area contributed by atoms with Crippen molar-refractivity contribution >= 4 is 21.5 Å². The third-order valence-electron chi connectivity index (χ3n) is 2.70. The third-order valence-corrected chi connectivity index (χ3v) is 4.06. The first-order valence-corrected chi connectivity index (χ1v) is 7.73. The largest absolute Gasteiger partial charge is 0.363 e. The molecule has 0 saturated heterocycles. The van der Waals surface area contributed by atoms with Gasteiger partial charge in [0.15, 0.2) is 0 Å². The first-order chi connectivity index (χ1) is 9.19. The van der Waals surface area contributed by atoms with Gasteiger partial charge >= 0.3 is 5.69 Å². The van der Waals surface area contributed by atoms with Crippen LogP contribution in [0, 0.1) is 17.0 Å². The Morgan fingerprint density at radius 3 is 2.50 bits per heavy atom. The SMILES string of the molecule is CNS(=O)(=O)CCNc1c([N+](=O)[O-])c(C)nn1C(C)C. The Balaban J connectivity index is 3.01. The molecule has 0 aliphatic heterocycles. The van der Waals surface area contributed by atoms with E-state index >= 15 is 0 Å². The number of hydrogen-bond acceptors (Lipinski definition) is 6. The van der Waals surface area contributed by atoms with Crippen LogP contribution in [0.2, 0.25) is 0 Å². The highest BCUT2D eigenvalue weighted by molar-refractivity contribution is 7.89. The van der Waals surface area contributed by atoms with Gasteiger partial charge in [0.05, 0.1) is 10.7 Å². The van der Waals surface area contributed by atoms with Gasteiger partial charge in [-0.1, -0.05) is 0 Å². The van der Waals surface area contributed by atoms with Crippen LogP contribution in [0.5, 0.6) is 0 Å². The number of aromatic nitrogens is 2. The molecule has 0 saturated carbocycles. The molecule has 0 unspecified atom stereocenters. The van der Waals surface area contributed by atoms with Crippen LogP contribution in [0.15, 0.2) is 0 Å². The van der Waals surface area contributed by atoms with Crippen molar-refractivity contribution in [1.29, 1.82) is 0 Å². The van der Waals surface area contributed by atoms with Gasteiger partial charge in [0, 0.05) is 12.6 Å². The molecule has 20 heavy (non-hydrogen) atoms. The lowest BCUT2D eigenvalue weighted by molar-refractivity contribution is -0.384. The van der Waals surface area contributed by atoms with Crippen LogP contribution in [-0.4, -0.2) is 42.5 Å². The van der Waals surface area contributed by atoms with Crippen molar-refractivity contribution in [3.05, 3.63) is 15.8 Å². The molecular weight excluding hydrogens is 286 g/mol. The second-order valence-corrected chi connectivity index (χ2v) is 6.57. The average molecular weight is 305 g/mol. The monoisotopic (exact) mass is 305 g/mol. The molecule has 1 aromatic rings. The van der Waals surface area contributed by atoms with Crippen molar-refractivity contribution in [3.8, 4) is 0 Å². The average Bonchev–Trinajstić information content (AvgIpc) is 2.66. The van der Waals surface area contributed by atoms with E-state index in [0.717, 1.165) is 0 Å². The van der Waals surface area contributed by atoms with E-state index in [1.807, 2.05) is 13.8 Å². The number of anilines is 1. The van der Waals surface area contributed by atoms with E-state index < -0.39 is 14.9 Å². The highest BCUT2D eigenvalue weighted by Crippen LogP contribution is 2.30. The number of nitrogens with one attached hydrogen (secondary N) is 2. The fraction of sp³-hybridized carbons (Fsp3) is 0.700. The number of hydrogen-bond donors (Lipinski definition) is 2. The summed E-state index contributed by atoms with van der Waals surface area (Å²) in [6, 6.07) is -0.0780. The molecular formula is C10H19N5O4S. The summed E-state index contributed by atoms with van der Waals surface area (Å²) in [5.41, 5.74) is 0.170. The quantitative estimate of drug-likeness (QED) is 0.563. The van der Waals surface area contributed by atoms with Crippen molar-refractivity contribution in [2.45, 2.75) is 26.8 Å². The Kier molecular flexibility index (Phi) is 5.06. The summed E-state index contributed by atoms with van der Waals surface area (Å²) >= 11 is 0. The number of aryl methyl sites for hydroxylation is 1. The zero-order chi connectivity index (χ0) is 15.5. The van der Waals surface area contributed by atoms with Crippen LogP contribution in [0.4, 0.5) is 11.5 Å². The number of nitrogens with zero attached hydrogens (tertiary/aromatic N) is 3. The van der Waals surface area contributed by atoms with Gasteiger partial charge in [0.25, 0.3) is 0 Å². The van der Waals surface area contributed by atoms with Crippen LogP contribution in [0.1, 0.15) is 25.6 Å². The van der Waals surface area contributed by atoms with E-state index in [1.54, 1.807) is 6.92 Å². The van der Waals surface area contributed by atoms with Gasteiger partial charge in [-0.05, 0) is 27.8 Å². The van der Waals surface area contributed by atoms with Crippen molar-refractivity contribution in [3.63, 3.8) is 0 Å². The minimum absolute atomic E-state index is 0.0574. The van der Waals surface area contributed by atoms with Gasteiger partial charge in [-0.2, -0.15) is 5.10 Å². The van der Waals surface area contributed by atoms with E-state index in [0.29, 0.717) is 5.69 Å². The Labute approximate surface area is 117 Å². The molecule has 0 aromatic carbocycles. The maximum atomic E-state index is 11.3. The van der Waals surface area contributed by atoms with E-state index in [1.165, 1.54) is 11.7 Å². The predicted molar refractivity (Wildman–Crippen MR) is 75.3 cm³/mol. The fourth-order valence-electron chi connectivity index (χ4n) is 1.70. The van der Waals surface area contributed by atoms with Crippen LogP contribution in [0.3, 0.4) is 0 Å². The first-order valence-electron chi connectivity index (χ1n) is 6.08. The summed E-state index contributed by atoms with van der Waals surface area (Å²) in [5.74, 6) is 0.0528. The number of sulfonamides is 1. The minimum Gasteiger partial charge on any atom is -0.363 e. The summed E-state index contributed by atoms with van der Waals surface area (Å²) in [5, 5.41) is 18.0. The Morgan fingerprint density at radius 2 is 2.05 bits per heavy atom. The lowest BCUT2D eigenvalue weighted by atomic mass is 10.3. The van der Waals surface area contributed by atoms with Gasteiger partial charge in [-0.25, -0.2) is 17.8 Å². The van der Waals surface area contributed by atoms with Gasteiger partial charge < -0.3 is 5.32 Å². The second kappa shape index (κ2) is 6.18. The van der Waals surface area contributed by atoms with Gasteiger partial charge in [-0.3, -0.25) is 10.1 Å². The van der Waals surface area contributed by atoms with Crippen LogP contribution >= 0.6 is 0 Å². The molecule has 0 atom stereocenters. The van der Waals surface area contributed by atoms with E-state index in [-0.39, 0.29) is 29.8 Å². The standard InChI is InChI=1S/C10H19N5O4S/c1-7(2)14-10(9(15(16)17)8(3)13-14)12-5-6-20(18,19)11-4/h7,11-12H,5-6H2,1-4H3. The molecule has 1 heterocycles. The molecule has 0 radical (unpaired) electrons. The maximum absolute atomic E-state index is 11.3. The van der Waals surface area contributed by atoms with Gasteiger partial charge in [-0.15, -0.1) is 0 Å². The topological polar surface area (TPSA) is 119 Å². The molecule has 0 spiro atoms. The molecule has 1 aromatic heterocycles. The third kappa shape index (κ3) is 3.67.